The van der Waals surface area contributed by atoms with E-state index in [0.717, 1.165) is 5.76 Å². The van der Waals surface area contributed by atoms with E-state index in [0.29, 0.717) is 5.76 Å². The molecule has 0 spiro atoms. The summed E-state index contributed by atoms with van der Waals surface area (Å²) in [5.74, 6) is -0.0142. The second-order valence-corrected chi connectivity index (χ2v) is 4.34. The van der Waals surface area contributed by atoms with Crippen LogP contribution in [0.4, 0.5) is 4.79 Å². The lowest BCUT2D eigenvalue weighted by Crippen LogP contribution is -2.51. The molecule has 0 saturated carbocycles. The molecule has 7 nitrogen and oxygen atoms in total. The highest BCUT2D eigenvalue weighted by molar-refractivity contribution is 5.83. The summed E-state index contributed by atoms with van der Waals surface area (Å²) in [4.78, 5) is 22.4. The number of aliphatic carboxylic acids is 1. The van der Waals surface area contributed by atoms with Gasteiger partial charge in [-0.05, 0) is 32.9 Å². The van der Waals surface area contributed by atoms with Crippen molar-refractivity contribution >= 4 is 12.0 Å². The Morgan fingerprint density at radius 3 is 2.32 bits per heavy atom. The molecule has 2 amide bonds. The van der Waals surface area contributed by atoms with E-state index in [4.69, 9.17) is 9.52 Å². The van der Waals surface area contributed by atoms with Gasteiger partial charge in [-0.25, -0.2) is 9.59 Å². The predicted molar refractivity (Wildman–Crippen MR) is 66.6 cm³/mol. The fourth-order valence-corrected chi connectivity index (χ4v) is 1.53. The fraction of sp³-hybridized carbons (Fsp3) is 0.500. The van der Waals surface area contributed by atoms with Crippen LogP contribution in [0.5, 0.6) is 0 Å². The molecule has 1 heterocycles. The second kappa shape index (κ2) is 6.24. The first-order valence-corrected chi connectivity index (χ1v) is 5.85. The van der Waals surface area contributed by atoms with Crippen LogP contribution in [0.25, 0.3) is 0 Å². The number of aliphatic hydroxyl groups is 1. The van der Waals surface area contributed by atoms with Crippen LogP contribution >= 0.6 is 0 Å². The van der Waals surface area contributed by atoms with E-state index in [1.54, 1.807) is 26.0 Å². The van der Waals surface area contributed by atoms with Crippen molar-refractivity contribution in [2.75, 3.05) is 0 Å². The zero-order valence-corrected chi connectivity index (χ0v) is 11.0. The quantitative estimate of drug-likeness (QED) is 0.631. The summed E-state index contributed by atoms with van der Waals surface area (Å²) in [7, 11) is 0. The molecule has 0 aliphatic rings. The number of amides is 2. The Kier molecular flexibility index (Phi) is 4.94. The molecule has 0 aliphatic carbocycles. The maximum Gasteiger partial charge on any atom is 0.328 e. The van der Waals surface area contributed by atoms with Crippen molar-refractivity contribution in [2.24, 2.45) is 0 Å². The van der Waals surface area contributed by atoms with Gasteiger partial charge in [0.2, 0.25) is 0 Å². The largest absolute Gasteiger partial charge is 0.480 e. The van der Waals surface area contributed by atoms with Crippen molar-refractivity contribution in [1.29, 1.82) is 0 Å². The van der Waals surface area contributed by atoms with Crippen LogP contribution in [0.3, 0.4) is 0 Å². The molecule has 3 atom stereocenters. The molecule has 7 heteroatoms. The molecule has 106 valence electrons. The molecule has 0 radical (unpaired) electrons. The van der Waals surface area contributed by atoms with Gasteiger partial charge in [-0.1, -0.05) is 0 Å². The Labute approximate surface area is 110 Å². The second-order valence-electron chi connectivity index (χ2n) is 4.34. The number of carbonyl (C=O) groups is 2. The minimum absolute atomic E-state index is 0.405. The number of carboxylic acids is 1. The highest BCUT2D eigenvalue weighted by Crippen LogP contribution is 2.15. The standard InChI is InChI=1S/C12H18N2O5/c1-6-4-5-9(19-6)7(2)13-12(18)14-10(8(3)15)11(16)17/h4-5,7-8,10,15H,1-3H3,(H,16,17)(H2,13,14,18). The van der Waals surface area contributed by atoms with Gasteiger partial charge >= 0.3 is 12.0 Å². The van der Waals surface area contributed by atoms with Gasteiger partial charge in [-0.2, -0.15) is 0 Å². The topological polar surface area (TPSA) is 112 Å². The van der Waals surface area contributed by atoms with Crippen molar-refractivity contribution in [3.63, 3.8) is 0 Å². The highest BCUT2D eigenvalue weighted by Gasteiger charge is 2.25. The lowest BCUT2D eigenvalue weighted by Gasteiger charge is -2.19. The van der Waals surface area contributed by atoms with E-state index in [1.807, 2.05) is 0 Å². The van der Waals surface area contributed by atoms with Crippen molar-refractivity contribution in [2.45, 2.75) is 39.0 Å². The normalized spacial score (nSPS) is 15.4. The minimum atomic E-state index is -1.36. The van der Waals surface area contributed by atoms with Gasteiger partial charge in [0.1, 0.15) is 11.5 Å². The number of hydrogen-bond donors (Lipinski definition) is 4. The number of furan rings is 1. The third-order valence-corrected chi connectivity index (χ3v) is 2.57. The van der Waals surface area contributed by atoms with Gasteiger partial charge in [-0.3, -0.25) is 0 Å². The Morgan fingerprint density at radius 2 is 1.89 bits per heavy atom. The average molecular weight is 270 g/mol. The molecule has 0 saturated heterocycles. The number of carboxylic acid groups (broad SMARTS) is 1. The maximum atomic E-state index is 11.6. The SMILES string of the molecule is Cc1ccc(C(C)NC(=O)NC(C(=O)O)C(C)O)o1. The summed E-state index contributed by atoms with van der Waals surface area (Å²) in [5.41, 5.74) is 0. The van der Waals surface area contributed by atoms with Gasteiger partial charge in [0, 0.05) is 0 Å². The third kappa shape index (κ3) is 4.29. The van der Waals surface area contributed by atoms with Crippen LogP contribution in [-0.2, 0) is 4.79 Å². The summed E-state index contributed by atoms with van der Waals surface area (Å²) < 4.78 is 5.34. The summed E-state index contributed by atoms with van der Waals surface area (Å²) in [6, 6.07) is 1.04. The van der Waals surface area contributed by atoms with Crippen LogP contribution in [0, 0.1) is 6.92 Å². The van der Waals surface area contributed by atoms with Gasteiger partial charge in [0.05, 0.1) is 12.1 Å². The van der Waals surface area contributed by atoms with E-state index < -0.39 is 30.2 Å². The Balaban J connectivity index is 2.57. The smallest absolute Gasteiger partial charge is 0.328 e. The lowest BCUT2D eigenvalue weighted by atomic mass is 10.2. The Hall–Kier alpha value is -2.02. The number of aryl methyl sites for hydroxylation is 1. The van der Waals surface area contributed by atoms with Crippen molar-refractivity contribution < 1.29 is 24.2 Å². The number of nitrogens with one attached hydrogen (secondary N) is 2. The number of hydrogen-bond acceptors (Lipinski definition) is 4. The first kappa shape index (κ1) is 15.0. The minimum Gasteiger partial charge on any atom is -0.480 e. The van der Waals surface area contributed by atoms with Crippen LogP contribution in [0.15, 0.2) is 16.5 Å². The first-order chi connectivity index (χ1) is 8.81. The summed E-state index contributed by atoms with van der Waals surface area (Å²) in [5, 5.41) is 22.8. The maximum absolute atomic E-state index is 11.6. The van der Waals surface area contributed by atoms with Gasteiger partial charge in [-0.15, -0.1) is 0 Å². The molecule has 1 rings (SSSR count). The number of aliphatic hydroxyl groups excluding tert-OH is 1. The number of rotatable bonds is 5. The molecule has 0 aliphatic heterocycles. The monoisotopic (exact) mass is 270 g/mol. The van der Waals surface area contributed by atoms with E-state index in [9.17, 15) is 14.7 Å². The molecule has 3 unspecified atom stereocenters. The number of carbonyl (C=O) groups excluding carboxylic acids is 1. The predicted octanol–water partition coefficient (Wildman–Crippen LogP) is 0.782. The highest BCUT2D eigenvalue weighted by atomic mass is 16.4. The van der Waals surface area contributed by atoms with Gasteiger partial charge in [0.25, 0.3) is 0 Å². The van der Waals surface area contributed by atoms with Gasteiger partial charge in [0.15, 0.2) is 6.04 Å². The zero-order chi connectivity index (χ0) is 14.6. The lowest BCUT2D eigenvalue weighted by molar-refractivity contribution is -0.141. The first-order valence-electron chi connectivity index (χ1n) is 5.85. The Bertz CT molecular complexity index is 455. The van der Waals surface area contributed by atoms with E-state index in [1.165, 1.54) is 6.92 Å². The third-order valence-electron chi connectivity index (χ3n) is 2.57. The fourth-order valence-electron chi connectivity index (χ4n) is 1.53. The van der Waals surface area contributed by atoms with Crippen molar-refractivity contribution in [1.82, 2.24) is 10.6 Å². The van der Waals surface area contributed by atoms with Crippen molar-refractivity contribution in [3.05, 3.63) is 23.7 Å². The molecule has 0 aromatic carbocycles. The van der Waals surface area contributed by atoms with Crippen LogP contribution in [-0.4, -0.2) is 34.4 Å². The molecular formula is C12H18N2O5. The average Bonchev–Trinajstić information content (AvgIpc) is 2.72. The number of urea groups is 1. The van der Waals surface area contributed by atoms with Crippen LogP contribution < -0.4 is 10.6 Å². The van der Waals surface area contributed by atoms with Crippen molar-refractivity contribution in [3.8, 4) is 0 Å². The van der Waals surface area contributed by atoms with Crippen LogP contribution in [0.1, 0.15) is 31.4 Å². The molecule has 4 N–H and O–H groups in total. The Morgan fingerprint density at radius 1 is 1.26 bits per heavy atom. The summed E-state index contributed by atoms with van der Waals surface area (Å²) in [6.07, 6.45) is -1.19. The van der Waals surface area contributed by atoms with E-state index in [-0.39, 0.29) is 0 Å². The van der Waals surface area contributed by atoms with E-state index >= 15 is 0 Å². The van der Waals surface area contributed by atoms with Crippen LogP contribution in [0.2, 0.25) is 0 Å². The van der Waals surface area contributed by atoms with E-state index in [2.05, 4.69) is 10.6 Å². The molecule has 19 heavy (non-hydrogen) atoms. The summed E-state index contributed by atoms with van der Waals surface area (Å²) in [6.45, 7) is 4.78. The summed E-state index contributed by atoms with van der Waals surface area (Å²) >= 11 is 0. The van der Waals surface area contributed by atoms with Gasteiger partial charge < -0.3 is 25.3 Å². The molecular weight excluding hydrogens is 252 g/mol. The molecule has 0 bridgehead atoms. The zero-order valence-electron chi connectivity index (χ0n) is 11.0. The molecule has 1 aromatic rings. The molecule has 1 aromatic heterocycles. The molecule has 0 fully saturated rings.